The molecule has 1 saturated carbocycles. The fourth-order valence-corrected chi connectivity index (χ4v) is 2.94. The summed E-state index contributed by atoms with van der Waals surface area (Å²) in [5.41, 5.74) is 5.19. The van der Waals surface area contributed by atoms with Crippen molar-refractivity contribution in [2.24, 2.45) is 23.0 Å². The number of carboxylic acids is 1. The summed E-state index contributed by atoms with van der Waals surface area (Å²) in [6.45, 7) is 7.14. The molecule has 2 amide bonds. The van der Waals surface area contributed by atoms with E-state index in [-0.39, 0.29) is 11.7 Å². The Morgan fingerprint density at radius 1 is 1.25 bits per heavy atom. The second-order valence-corrected chi connectivity index (χ2v) is 6.85. The molecule has 0 bridgehead atoms. The molecule has 0 saturated heterocycles. The molecule has 0 unspecified atom stereocenters. The topological polar surface area (TPSA) is 119 Å². The molecule has 1 aliphatic rings. The van der Waals surface area contributed by atoms with Gasteiger partial charge < -0.3 is 20.9 Å². The molecule has 7 heteroatoms. The number of aliphatic carboxylic acids is 1. The quantitative estimate of drug-likeness (QED) is 0.734. The lowest BCUT2D eigenvalue weighted by Gasteiger charge is -2.16. The largest absolute Gasteiger partial charge is 0.489 e. The van der Waals surface area contributed by atoms with Gasteiger partial charge in [-0.3, -0.25) is 14.4 Å². The van der Waals surface area contributed by atoms with Crippen LogP contribution in [0, 0.1) is 17.3 Å². The second kappa shape index (κ2) is 6.14. The summed E-state index contributed by atoms with van der Waals surface area (Å²) >= 11 is 0. The van der Waals surface area contributed by atoms with Crippen LogP contribution in [0.2, 0.25) is 0 Å². The molecule has 1 aromatic carbocycles. The number of carboxylic acid groups (broad SMARTS) is 1. The Hall–Kier alpha value is -2.57. The maximum absolute atomic E-state index is 12.5. The first-order valence-corrected chi connectivity index (χ1v) is 7.70. The molecule has 0 spiro atoms. The molecule has 1 aliphatic carbocycles. The predicted octanol–water partition coefficient (Wildman–Crippen LogP) is 1.87. The number of carbonyl (C=O) groups excluding carboxylic acids is 2. The summed E-state index contributed by atoms with van der Waals surface area (Å²) in [6, 6.07) is 4.50. The van der Waals surface area contributed by atoms with Crippen LogP contribution >= 0.6 is 0 Å². The highest BCUT2D eigenvalue weighted by Crippen LogP contribution is 2.58. The van der Waals surface area contributed by atoms with Crippen molar-refractivity contribution in [2.45, 2.75) is 33.8 Å². The van der Waals surface area contributed by atoms with E-state index in [2.05, 4.69) is 5.32 Å². The predicted molar refractivity (Wildman–Crippen MR) is 87.8 cm³/mol. The van der Waals surface area contributed by atoms with Gasteiger partial charge in [0.2, 0.25) is 11.8 Å². The van der Waals surface area contributed by atoms with Crippen LogP contribution in [0.5, 0.6) is 5.75 Å². The molecule has 2 atom stereocenters. The lowest BCUT2D eigenvalue weighted by molar-refractivity contribution is -0.140. The normalized spacial score (nSPS) is 21.2. The molecule has 0 aliphatic heterocycles. The van der Waals surface area contributed by atoms with Gasteiger partial charge in [-0.25, -0.2) is 0 Å². The Balaban J connectivity index is 2.27. The summed E-state index contributed by atoms with van der Waals surface area (Å²) in [5, 5.41) is 11.9. The van der Waals surface area contributed by atoms with Crippen LogP contribution in [-0.2, 0) is 9.59 Å². The van der Waals surface area contributed by atoms with Crippen molar-refractivity contribution in [1.29, 1.82) is 0 Å². The van der Waals surface area contributed by atoms with Crippen LogP contribution in [0.3, 0.4) is 0 Å². The van der Waals surface area contributed by atoms with Gasteiger partial charge in [-0.1, -0.05) is 13.8 Å². The molecule has 7 nitrogen and oxygen atoms in total. The van der Waals surface area contributed by atoms with Gasteiger partial charge in [-0.05, 0) is 37.5 Å². The Morgan fingerprint density at radius 2 is 1.88 bits per heavy atom. The highest BCUT2D eigenvalue weighted by atomic mass is 16.5. The monoisotopic (exact) mass is 334 g/mol. The summed E-state index contributed by atoms with van der Waals surface area (Å²) < 4.78 is 5.62. The Morgan fingerprint density at radius 3 is 2.33 bits per heavy atom. The van der Waals surface area contributed by atoms with Crippen molar-refractivity contribution in [2.75, 3.05) is 5.32 Å². The summed E-state index contributed by atoms with van der Waals surface area (Å²) in [7, 11) is 0. The standard InChI is InChI=1S/C17H22N2O5/c1-8(2)24-11-6-5-9(14(18)20)7-10(11)19-15(21)12-13(16(22)23)17(12,3)4/h5-8,12-13H,1-4H3,(H2,18,20)(H,19,21)(H,22,23)/t12-,13+/m1/s1. The van der Waals surface area contributed by atoms with Gasteiger partial charge in [-0.15, -0.1) is 0 Å². The minimum atomic E-state index is -0.996. The molecule has 1 fully saturated rings. The number of ether oxygens (including phenoxy) is 1. The van der Waals surface area contributed by atoms with Crippen LogP contribution in [0.4, 0.5) is 5.69 Å². The van der Waals surface area contributed by atoms with E-state index >= 15 is 0 Å². The van der Waals surface area contributed by atoms with Crippen molar-refractivity contribution in [3.8, 4) is 5.75 Å². The number of amides is 2. The molecule has 1 aromatic rings. The molecule has 0 radical (unpaired) electrons. The molecule has 4 N–H and O–H groups in total. The van der Waals surface area contributed by atoms with Gasteiger partial charge >= 0.3 is 5.97 Å². The van der Waals surface area contributed by atoms with E-state index < -0.39 is 35.0 Å². The third-order valence-corrected chi connectivity index (χ3v) is 4.26. The number of hydrogen-bond donors (Lipinski definition) is 3. The fourth-order valence-electron chi connectivity index (χ4n) is 2.94. The van der Waals surface area contributed by atoms with Crippen molar-refractivity contribution in [3.05, 3.63) is 23.8 Å². The smallest absolute Gasteiger partial charge is 0.307 e. The van der Waals surface area contributed by atoms with Gasteiger partial charge in [-0.2, -0.15) is 0 Å². The lowest BCUT2D eigenvalue weighted by Crippen LogP contribution is -2.20. The SMILES string of the molecule is CC(C)Oc1ccc(C(N)=O)cc1NC(=O)[C@H]1[C@@H](C(=O)O)C1(C)C. The number of hydrogen-bond acceptors (Lipinski definition) is 4. The first kappa shape index (κ1) is 17.8. The molecule has 24 heavy (non-hydrogen) atoms. The Kier molecular flexibility index (Phi) is 4.55. The second-order valence-electron chi connectivity index (χ2n) is 6.85. The average molecular weight is 334 g/mol. The molecular weight excluding hydrogens is 312 g/mol. The number of nitrogens with two attached hydrogens (primary N) is 1. The Bertz CT molecular complexity index is 696. The average Bonchev–Trinajstić information content (AvgIpc) is 3.03. The number of primary amides is 1. The molecule has 130 valence electrons. The van der Waals surface area contributed by atoms with Crippen LogP contribution in [0.1, 0.15) is 38.1 Å². The van der Waals surface area contributed by atoms with Crippen molar-refractivity contribution < 1.29 is 24.2 Å². The maximum atomic E-state index is 12.5. The van der Waals surface area contributed by atoms with E-state index in [1.165, 1.54) is 12.1 Å². The maximum Gasteiger partial charge on any atom is 0.307 e. The van der Waals surface area contributed by atoms with E-state index in [4.69, 9.17) is 10.5 Å². The van der Waals surface area contributed by atoms with E-state index in [1.54, 1.807) is 19.9 Å². The zero-order valence-corrected chi connectivity index (χ0v) is 14.1. The highest BCUT2D eigenvalue weighted by molar-refractivity contribution is 6.02. The third-order valence-electron chi connectivity index (χ3n) is 4.26. The van der Waals surface area contributed by atoms with E-state index in [9.17, 15) is 19.5 Å². The van der Waals surface area contributed by atoms with Crippen molar-refractivity contribution in [3.63, 3.8) is 0 Å². The van der Waals surface area contributed by atoms with Gasteiger partial charge in [0.05, 0.1) is 23.6 Å². The molecule has 2 rings (SSSR count). The Labute approximate surface area is 140 Å². The van der Waals surface area contributed by atoms with Crippen LogP contribution in [-0.4, -0.2) is 29.0 Å². The van der Waals surface area contributed by atoms with E-state index in [0.717, 1.165) is 0 Å². The number of carbonyl (C=O) groups is 3. The van der Waals surface area contributed by atoms with Gasteiger partial charge in [0.25, 0.3) is 0 Å². The van der Waals surface area contributed by atoms with Gasteiger partial charge in [0.1, 0.15) is 5.75 Å². The number of rotatable bonds is 6. The minimum Gasteiger partial charge on any atom is -0.489 e. The summed E-state index contributed by atoms with van der Waals surface area (Å²) in [6.07, 6.45) is -0.135. The zero-order valence-electron chi connectivity index (χ0n) is 14.1. The van der Waals surface area contributed by atoms with Gasteiger partial charge in [0, 0.05) is 5.56 Å². The van der Waals surface area contributed by atoms with Crippen LogP contribution in [0.15, 0.2) is 18.2 Å². The molecule has 0 aromatic heterocycles. The van der Waals surface area contributed by atoms with Crippen LogP contribution in [0.25, 0.3) is 0 Å². The molecular formula is C17H22N2O5. The minimum absolute atomic E-state index is 0.135. The van der Waals surface area contributed by atoms with Crippen molar-refractivity contribution >= 4 is 23.5 Å². The number of anilines is 1. The fraction of sp³-hybridized carbons (Fsp3) is 0.471. The summed E-state index contributed by atoms with van der Waals surface area (Å²) in [5.74, 6) is -3.01. The van der Waals surface area contributed by atoms with Crippen LogP contribution < -0.4 is 15.8 Å². The zero-order chi connectivity index (χ0) is 18.2. The first-order chi connectivity index (χ1) is 11.1. The van der Waals surface area contributed by atoms with Crippen molar-refractivity contribution in [1.82, 2.24) is 0 Å². The van der Waals surface area contributed by atoms with Gasteiger partial charge in [0.15, 0.2) is 0 Å². The lowest BCUT2D eigenvalue weighted by atomic mass is 10.1. The molecule has 0 heterocycles. The van der Waals surface area contributed by atoms with E-state index in [1.807, 2.05) is 13.8 Å². The number of benzene rings is 1. The van der Waals surface area contributed by atoms with E-state index in [0.29, 0.717) is 11.4 Å². The summed E-state index contributed by atoms with van der Waals surface area (Å²) in [4.78, 5) is 35.1. The number of nitrogens with one attached hydrogen (secondary N) is 1. The highest BCUT2D eigenvalue weighted by Gasteiger charge is 2.65. The third kappa shape index (κ3) is 3.34. The first-order valence-electron chi connectivity index (χ1n) is 7.70.